The molecule has 0 saturated heterocycles. The molecule has 0 fully saturated rings. The van der Waals surface area contributed by atoms with Gasteiger partial charge in [0, 0.05) is 10.6 Å². The second kappa shape index (κ2) is 9.22. The van der Waals surface area contributed by atoms with Gasteiger partial charge in [-0.1, -0.05) is 0 Å². The summed E-state index contributed by atoms with van der Waals surface area (Å²) in [6, 6.07) is 12.9. The molecule has 2 rings (SSSR count). The summed E-state index contributed by atoms with van der Waals surface area (Å²) < 4.78 is 15.9. The van der Waals surface area contributed by atoms with E-state index in [9.17, 15) is 4.79 Å². The molecule has 0 radical (unpaired) electrons. The second-order valence-electron chi connectivity index (χ2n) is 5.22. The maximum atomic E-state index is 12.4. The third-order valence-corrected chi connectivity index (χ3v) is 4.56. The molecular weight excluding hydrogens is 338 g/mol. The topological polar surface area (TPSA) is 56.8 Å². The fraction of sp³-hybridized carbons (Fsp3) is 0.316. The van der Waals surface area contributed by atoms with Gasteiger partial charge in [0.15, 0.2) is 11.5 Å². The largest absolute Gasteiger partial charge is 0.494 e. The standard InChI is InChI=1S/C19H23NO4S/c1-5-24-15-8-6-14(7-9-15)20-19(21)13(2)25-16-10-11-17(22-3)18(12-16)23-4/h6-13H,5H2,1-4H3,(H,20,21). The van der Waals surface area contributed by atoms with Crippen LogP contribution in [0.2, 0.25) is 0 Å². The molecule has 1 amide bonds. The van der Waals surface area contributed by atoms with Crippen molar-refractivity contribution in [2.45, 2.75) is 24.0 Å². The van der Waals surface area contributed by atoms with Crippen LogP contribution in [-0.4, -0.2) is 32.0 Å². The molecule has 0 spiro atoms. The Morgan fingerprint density at radius 1 is 1.08 bits per heavy atom. The zero-order chi connectivity index (χ0) is 18.2. The first-order valence-electron chi connectivity index (χ1n) is 7.99. The van der Waals surface area contributed by atoms with E-state index in [4.69, 9.17) is 14.2 Å². The summed E-state index contributed by atoms with van der Waals surface area (Å²) in [6.45, 7) is 4.42. The van der Waals surface area contributed by atoms with Crippen molar-refractivity contribution in [3.8, 4) is 17.2 Å². The van der Waals surface area contributed by atoms with Gasteiger partial charge in [0.05, 0.1) is 26.1 Å². The van der Waals surface area contributed by atoms with E-state index < -0.39 is 0 Å². The Kier molecular flexibility index (Phi) is 7.01. The Bertz CT molecular complexity index is 703. The zero-order valence-corrected chi connectivity index (χ0v) is 15.7. The van der Waals surface area contributed by atoms with Crippen molar-refractivity contribution >= 4 is 23.4 Å². The number of methoxy groups -OCH3 is 2. The summed E-state index contributed by atoms with van der Waals surface area (Å²) >= 11 is 1.46. The Hall–Kier alpha value is -2.34. The molecule has 25 heavy (non-hydrogen) atoms. The summed E-state index contributed by atoms with van der Waals surface area (Å²) in [5.41, 5.74) is 0.744. The second-order valence-corrected chi connectivity index (χ2v) is 6.64. The Morgan fingerprint density at radius 2 is 1.76 bits per heavy atom. The van der Waals surface area contributed by atoms with Crippen molar-refractivity contribution in [3.63, 3.8) is 0 Å². The summed E-state index contributed by atoms with van der Waals surface area (Å²) in [7, 11) is 3.19. The van der Waals surface area contributed by atoms with Crippen LogP contribution in [0.5, 0.6) is 17.2 Å². The van der Waals surface area contributed by atoms with Crippen LogP contribution < -0.4 is 19.5 Å². The predicted molar refractivity (Wildman–Crippen MR) is 101 cm³/mol. The molecule has 0 aliphatic carbocycles. The third kappa shape index (κ3) is 5.32. The molecule has 0 aliphatic heterocycles. The minimum absolute atomic E-state index is 0.0658. The van der Waals surface area contributed by atoms with Crippen LogP contribution >= 0.6 is 11.8 Å². The van der Waals surface area contributed by atoms with E-state index in [1.54, 1.807) is 14.2 Å². The number of thioether (sulfide) groups is 1. The van der Waals surface area contributed by atoms with Crippen molar-refractivity contribution in [1.82, 2.24) is 0 Å². The maximum absolute atomic E-state index is 12.4. The van der Waals surface area contributed by atoms with Gasteiger partial charge in [-0.2, -0.15) is 0 Å². The van der Waals surface area contributed by atoms with E-state index in [0.29, 0.717) is 18.1 Å². The number of rotatable bonds is 8. The van der Waals surface area contributed by atoms with Gasteiger partial charge in [-0.05, 0) is 56.3 Å². The third-order valence-electron chi connectivity index (χ3n) is 3.47. The highest BCUT2D eigenvalue weighted by atomic mass is 32.2. The van der Waals surface area contributed by atoms with Gasteiger partial charge in [-0.15, -0.1) is 11.8 Å². The molecule has 1 atom stereocenters. The van der Waals surface area contributed by atoms with Crippen molar-refractivity contribution in [2.24, 2.45) is 0 Å². The zero-order valence-electron chi connectivity index (χ0n) is 14.9. The molecule has 5 nitrogen and oxygen atoms in total. The normalized spacial score (nSPS) is 11.5. The van der Waals surface area contributed by atoms with Crippen LogP contribution in [0.25, 0.3) is 0 Å². The number of nitrogens with one attached hydrogen (secondary N) is 1. The van der Waals surface area contributed by atoms with E-state index in [-0.39, 0.29) is 11.2 Å². The lowest BCUT2D eigenvalue weighted by Gasteiger charge is -2.14. The lowest BCUT2D eigenvalue weighted by atomic mass is 10.3. The van der Waals surface area contributed by atoms with Crippen LogP contribution in [0.1, 0.15) is 13.8 Å². The van der Waals surface area contributed by atoms with Crippen LogP contribution in [0.3, 0.4) is 0 Å². The van der Waals surface area contributed by atoms with Crippen molar-refractivity contribution < 1.29 is 19.0 Å². The van der Waals surface area contributed by atoms with Gasteiger partial charge in [0.25, 0.3) is 0 Å². The number of amides is 1. The van der Waals surface area contributed by atoms with Gasteiger partial charge in [0.1, 0.15) is 5.75 Å². The van der Waals surface area contributed by atoms with E-state index in [2.05, 4.69) is 5.32 Å². The monoisotopic (exact) mass is 361 g/mol. The average molecular weight is 361 g/mol. The number of ether oxygens (including phenoxy) is 3. The molecular formula is C19H23NO4S. The first-order valence-corrected chi connectivity index (χ1v) is 8.87. The van der Waals surface area contributed by atoms with E-state index in [1.165, 1.54) is 11.8 Å². The Labute approximate surface area is 152 Å². The fourth-order valence-electron chi connectivity index (χ4n) is 2.19. The van der Waals surface area contributed by atoms with Crippen molar-refractivity contribution in [1.29, 1.82) is 0 Å². The molecule has 0 bridgehead atoms. The number of hydrogen-bond donors (Lipinski definition) is 1. The smallest absolute Gasteiger partial charge is 0.237 e. The SMILES string of the molecule is CCOc1ccc(NC(=O)C(C)Sc2ccc(OC)c(OC)c2)cc1. The summed E-state index contributed by atoms with van der Waals surface area (Å²) in [6.07, 6.45) is 0. The lowest BCUT2D eigenvalue weighted by Crippen LogP contribution is -2.22. The first kappa shape index (κ1) is 19.0. The highest BCUT2D eigenvalue weighted by Crippen LogP contribution is 2.33. The van der Waals surface area contributed by atoms with E-state index >= 15 is 0 Å². The van der Waals surface area contributed by atoms with Crippen LogP contribution in [-0.2, 0) is 4.79 Å². The van der Waals surface area contributed by atoms with Gasteiger partial charge in [-0.3, -0.25) is 4.79 Å². The summed E-state index contributed by atoms with van der Waals surface area (Å²) in [5.74, 6) is 2.03. The molecule has 1 N–H and O–H groups in total. The molecule has 0 aromatic heterocycles. The minimum Gasteiger partial charge on any atom is -0.494 e. The first-order chi connectivity index (χ1) is 12.1. The van der Waals surface area contributed by atoms with E-state index in [1.807, 2.05) is 56.3 Å². The van der Waals surface area contributed by atoms with Gasteiger partial charge in [-0.25, -0.2) is 0 Å². The molecule has 0 saturated carbocycles. The molecule has 2 aromatic rings. The molecule has 2 aromatic carbocycles. The van der Waals surface area contributed by atoms with Crippen molar-refractivity contribution in [2.75, 3.05) is 26.1 Å². The van der Waals surface area contributed by atoms with Gasteiger partial charge in [0.2, 0.25) is 5.91 Å². The molecule has 6 heteroatoms. The Balaban J connectivity index is 1.97. The van der Waals surface area contributed by atoms with Gasteiger partial charge < -0.3 is 19.5 Å². The average Bonchev–Trinajstić information content (AvgIpc) is 2.63. The molecule has 0 aliphatic rings. The summed E-state index contributed by atoms with van der Waals surface area (Å²) in [5, 5.41) is 2.65. The van der Waals surface area contributed by atoms with Crippen LogP contribution in [0.15, 0.2) is 47.4 Å². The quantitative estimate of drug-likeness (QED) is 0.714. The van der Waals surface area contributed by atoms with Crippen LogP contribution in [0, 0.1) is 0 Å². The Morgan fingerprint density at radius 3 is 2.36 bits per heavy atom. The highest BCUT2D eigenvalue weighted by molar-refractivity contribution is 8.00. The molecule has 1 unspecified atom stereocenters. The lowest BCUT2D eigenvalue weighted by molar-refractivity contribution is -0.115. The van der Waals surface area contributed by atoms with Crippen molar-refractivity contribution in [3.05, 3.63) is 42.5 Å². The minimum atomic E-state index is -0.260. The maximum Gasteiger partial charge on any atom is 0.237 e. The summed E-state index contributed by atoms with van der Waals surface area (Å²) in [4.78, 5) is 13.3. The number of anilines is 1. The fourth-order valence-corrected chi connectivity index (χ4v) is 3.09. The number of hydrogen-bond acceptors (Lipinski definition) is 5. The van der Waals surface area contributed by atoms with Crippen LogP contribution in [0.4, 0.5) is 5.69 Å². The number of carbonyl (C=O) groups is 1. The number of carbonyl (C=O) groups excluding carboxylic acids is 1. The molecule has 0 heterocycles. The number of benzene rings is 2. The highest BCUT2D eigenvalue weighted by Gasteiger charge is 2.16. The predicted octanol–water partition coefficient (Wildman–Crippen LogP) is 4.22. The molecule has 134 valence electrons. The van der Waals surface area contributed by atoms with Gasteiger partial charge >= 0.3 is 0 Å². The van der Waals surface area contributed by atoms with E-state index in [0.717, 1.165) is 16.3 Å².